The summed E-state index contributed by atoms with van der Waals surface area (Å²) in [6.45, 7) is 11.7. The molecule has 0 bridgehead atoms. The van der Waals surface area contributed by atoms with Crippen LogP contribution >= 0.6 is 0 Å². The molecule has 0 unspecified atom stereocenters. The maximum absolute atomic E-state index is 12.5. The van der Waals surface area contributed by atoms with Crippen molar-refractivity contribution in [2.45, 2.75) is 59.6 Å². The van der Waals surface area contributed by atoms with Crippen LogP contribution in [0.4, 0.5) is 19.0 Å². The first-order valence-corrected chi connectivity index (χ1v) is 7.09. The molecule has 0 amide bonds. The molecule has 0 aliphatic carbocycles. The molecule has 0 fully saturated rings. The molecule has 120 valence electrons. The number of aromatic nitrogens is 1. The zero-order valence-electron chi connectivity index (χ0n) is 13.7. The lowest BCUT2D eigenvalue weighted by Gasteiger charge is -2.27. The Bertz CT molecular complexity index is 485. The Balaban J connectivity index is 2.75. The fraction of sp³-hybridized carbons (Fsp3) is 0.688. The molecular weight excluding hydrogens is 277 g/mol. The molecule has 1 N–H and O–H groups in total. The van der Waals surface area contributed by atoms with Gasteiger partial charge in [-0.15, -0.1) is 0 Å². The van der Waals surface area contributed by atoms with Crippen molar-refractivity contribution in [1.82, 2.24) is 4.98 Å². The van der Waals surface area contributed by atoms with Crippen molar-refractivity contribution in [2.24, 2.45) is 5.41 Å². The van der Waals surface area contributed by atoms with E-state index in [2.05, 4.69) is 31.1 Å². The van der Waals surface area contributed by atoms with Crippen LogP contribution in [0.2, 0.25) is 0 Å². The zero-order valence-corrected chi connectivity index (χ0v) is 13.7. The first kappa shape index (κ1) is 17.8. The van der Waals surface area contributed by atoms with Gasteiger partial charge in [0.15, 0.2) is 0 Å². The van der Waals surface area contributed by atoms with Gasteiger partial charge in [-0.3, -0.25) is 0 Å². The van der Waals surface area contributed by atoms with Gasteiger partial charge >= 0.3 is 6.18 Å². The van der Waals surface area contributed by atoms with Crippen LogP contribution in [0, 0.1) is 12.3 Å². The summed E-state index contributed by atoms with van der Waals surface area (Å²) in [5.41, 5.74) is 1.19. The first-order valence-electron chi connectivity index (χ1n) is 7.09. The largest absolute Gasteiger partial charge is 0.389 e. The Hall–Kier alpha value is -1.26. The van der Waals surface area contributed by atoms with Crippen LogP contribution in [-0.4, -0.2) is 17.7 Å². The Morgan fingerprint density at radius 3 is 2.05 bits per heavy atom. The Morgan fingerprint density at radius 2 is 1.62 bits per heavy atom. The summed E-state index contributed by atoms with van der Waals surface area (Å²) in [4.78, 5) is 4.45. The second-order valence-electron chi connectivity index (χ2n) is 7.39. The summed E-state index contributed by atoms with van der Waals surface area (Å²) in [7, 11) is 0. The highest BCUT2D eigenvalue weighted by atomic mass is 19.4. The van der Waals surface area contributed by atoms with Gasteiger partial charge in [0.1, 0.15) is 5.82 Å². The maximum atomic E-state index is 12.5. The summed E-state index contributed by atoms with van der Waals surface area (Å²) >= 11 is 0. The van der Waals surface area contributed by atoms with Crippen molar-refractivity contribution >= 4 is 5.82 Å². The predicted molar refractivity (Wildman–Crippen MR) is 80.6 cm³/mol. The molecular formula is C16H25F3N2. The lowest BCUT2D eigenvalue weighted by atomic mass is 9.86. The second kappa shape index (κ2) is 5.85. The predicted octanol–water partition coefficient (Wildman–Crippen LogP) is 5.08. The Labute approximate surface area is 125 Å². The van der Waals surface area contributed by atoms with Gasteiger partial charge in [0.25, 0.3) is 0 Å². The molecule has 0 spiro atoms. The number of alkyl halides is 3. The molecule has 0 radical (unpaired) electrons. The van der Waals surface area contributed by atoms with E-state index >= 15 is 0 Å². The number of nitrogens with zero attached hydrogens (tertiary/aromatic N) is 1. The van der Waals surface area contributed by atoms with Crippen molar-refractivity contribution in [1.29, 1.82) is 0 Å². The molecule has 0 aromatic carbocycles. The minimum atomic E-state index is -4.15. The van der Waals surface area contributed by atoms with Gasteiger partial charge in [0, 0.05) is 12.2 Å². The summed E-state index contributed by atoms with van der Waals surface area (Å²) < 4.78 is 37.4. The third-order valence-electron chi connectivity index (χ3n) is 3.32. The minimum Gasteiger partial charge on any atom is -0.370 e. The molecule has 1 heterocycles. The number of hydrogen-bond acceptors (Lipinski definition) is 2. The van der Waals surface area contributed by atoms with Gasteiger partial charge in [-0.05, 0) is 29.4 Å². The van der Waals surface area contributed by atoms with E-state index in [0.29, 0.717) is 5.82 Å². The molecule has 1 aromatic rings. The van der Waals surface area contributed by atoms with Crippen LogP contribution in [0.3, 0.4) is 0 Å². The van der Waals surface area contributed by atoms with Gasteiger partial charge in [0.05, 0.1) is 6.42 Å². The normalized spacial score (nSPS) is 13.4. The molecule has 0 aliphatic rings. The monoisotopic (exact) mass is 302 g/mol. The van der Waals surface area contributed by atoms with Gasteiger partial charge in [-0.1, -0.05) is 40.7 Å². The highest BCUT2D eigenvalue weighted by Gasteiger charge is 2.36. The molecule has 0 aliphatic heterocycles. The van der Waals surface area contributed by atoms with Crippen LogP contribution in [0.15, 0.2) is 12.1 Å². The average molecular weight is 302 g/mol. The molecule has 0 saturated carbocycles. The summed E-state index contributed by atoms with van der Waals surface area (Å²) in [6.07, 6.45) is -4.96. The molecule has 0 atom stereocenters. The summed E-state index contributed by atoms with van der Waals surface area (Å²) in [6, 6.07) is 3.82. The van der Waals surface area contributed by atoms with Crippen LogP contribution in [-0.2, 0) is 5.41 Å². The van der Waals surface area contributed by atoms with Gasteiger partial charge in [-0.25, -0.2) is 4.98 Å². The number of hydrogen-bond donors (Lipinski definition) is 1. The highest BCUT2D eigenvalue weighted by molar-refractivity contribution is 5.40. The van der Waals surface area contributed by atoms with E-state index in [-0.39, 0.29) is 12.0 Å². The number of pyridine rings is 1. The maximum Gasteiger partial charge on any atom is 0.389 e. The third kappa shape index (κ3) is 5.94. The molecule has 1 rings (SSSR count). The quantitative estimate of drug-likeness (QED) is 0.839. The van der Waals surface area contributed by atoms with Crippen LogP contribution < -0.4 is 5.32 Å². The van der Waals surface area contributed by atoms with E-state index in [1.54, 1.807) is 13.8 Å². The molecule has 1 aromatic heterocycles. The van der Waals surface area contributed by atoms with E-state index < -0.39 is 18.0 Å². The number of aryl methyl sites for hydroxylation is 1. The lowest BCUT2D eigenvalue weighted by molar-refractivity contribution is -0.152. The average Bonchev–Trinajstić information content (AvgIpc) is 2.21. The van der Waals surface area contributed by atoms with Crippen LogP contribution in [0.5, 0.6) is 0 Å². The fourth-order valence-electron chi connectivity index (χ4n) is 2.39. The summed E-state index contributed by atoms with van der Waals surface area (Å²) in [5, 5.41) is 3.02. The molecule has 5 heteroatoms. The van der Waals surface area contributed by atoms with E-state index in [1.807, 2.05) is 19.1 Å². The Morgan fingerprint density at radius 1 is 1.05 bits per heavy atom. The van der Waals surface area contributed by atoms with Crippen LogP contribution in [0.25, 0.3) is 0 Å². The molecule has 0 saturated heterocycles. The van der Waals surface area contributed by atoms with Crippen molar-refractivity contribution in [3.05, 3.63) is 23.4 Å². The summed E-state index contributed by atoms with van der Waals surface area (Å²) in [5.74, 6) is 0.621. The van der Waals surface area contributed by atoms with Crippen LogP contribution in [0.1, 0.15) is 52.3 Å². The molecule has 2 nitrogen and oxygen atoms in total. The second-order valence-corrected chi connectivity index (χ2v) is 7.39. The minimum absolute atomic E-state index is 0.00513. The van der Waals surface area contributed by atoms with Crippen molar-refractivity contribution in [2.75, 3.05) is 11.9 Å². The highest BCUT2D eigenvalue weighted by Crippen LogP contribution is 2.33. The topological polar surface area (TPSA) is 24.9 Å². The van der Waals surface area contributed by atoms with Crippen molar-refractivity contribution in [3.63, 3.8) is 0 Å². The fourth-order valence-corrected chi connectivity index (χ4v) is 2.39. The van der Waals surface area contributed by atoms with Gasteiger partial charge in [-0.2, -0.15) is 13.2 Å². The SMILES string of the molecule is Cc1nc(NCC(C)(C)CC(F)(F)F)ccc1C(C)(C)C. The number of anilines is 1. The van der Waals surface area contributed by atoms with Gasteiger partial charge < -0.3 is 5.32 Å². The first-order chi connectivity index (χ1) is 9.30. The zero-order chi connectivity index (χ0) is 16.5. The van der Waals surface area contributed by atoms with Crippen molar-refractivity contribution in [3.8, 4) is 0 Å². The van der Waals surface area contributed by atoms with Gasteiger partial charge in [0.2, 0.25) is 0 Å². The van der Waals surface area contributed by atoms with E-state index in [9.17, 15) is 13.2 Å². The molecule has 21 heavy (non-hydrogen) atoms. The third-order valence-corrected chi connectivity index (χ3v) is 3.32. The Kier molecular flexibility index (Phi) is 4.96. The number of nitrogens with one attached hydrogen (secondary N) is 1. The number of halogens is 3. The number of rotatable bonds is 4. The van der Waals surface area contributed by atoms with Crippen molar-refractivity contribution < 1.29 is 13.2 Å². The lowest BCUT2D eigenvalue weighted by Crippen LogP contribution is -2.29. The smallest absolute Gasteiger partial charge is 0.370 e. The van der Waals surface area contributed by atoms with E-state index in [1.165, 1.54) is 0 Å². The standard InChI is InChI=1S/C16H25F3N2/c1-11-12(14(2,3)4)7-8-13(21-11)20-10-15(5,6)9-16(17,18)19/h7-8H,9-10H2,1-6H3,(H,20,21). The van der Waals surface area contributed by atoms with E-state index in [0.717, 1.165) is 11.3 Å². The van der Waals surface area contributed by atoms with E-state index in [4.69, 9.17) is 0 Å².